The van der Waals surface area contributed by atoms with Crippen molar-refractivity contribution in [1.29, 1.82) is 0 Å². The van der Waals surface area contributed by atoms with Crippen LogP contribution in [0, 0.1) is 11.8 Å². The van der Waals surface area contributed by atoms with Gasteiger partial charge in [0.1, 0.15) is 0 Å². The van der Waals surface area contributed by atoms with Crippen LogP contribution in [-0.2, 0) is 11.3 Å². The predicted octanol–water partition coefficient (Wildman–Crippen LogP) is 4.35. The first kappa shape index (κ1) is 18.7. The van der Waals surface area contributed by atoms with E-state index in [4.69, 9.17) is 16.7 Å². The van der Waals surface area contributed by atoms with E-state index in [0.717, 1.165) is 29.1 Å². The molecule has 0 bridgehead atoms. The molecule has 1 aliphatic rings. The van der Waals surface area contributed by atoms with Crippen LogP contribution in [0.3, 0.4) is 0 Å². The highest BCUT2D eigenvalue weighted by Gasteiger charge is 2.35. The average Bonchev–Trinajstić information content (AvgIpc) is 3.27. The Morgan fingerprint density at radius 1 is 1.14 bits per heavy atom. The molecule has 0 saturated carbocycles. The Kier molecular flexibility index (Phi) is 5.20. The van der Waals surface area contributed by atoms with Gasteiger partial charge in [0, 0.05) is 42.0 Å². The Hall–Kier alpha value is -2.63. The number of hydrogen-bond donors (Lipinski definition) is 1. The number of aromatic nitrogens is 2. The lowest BCUT2D eigenvalue weighted by molar-refractivity contribution is -0.142. The van der Waals surface area contributed by atoms with Gasteiger partial charge < -0.3 is 5.11 Å². The standard InChI is InChI=1S/C22H22ClN3O2/c1-15-11-25(14-20(15)22(27)28)12-17-13-26(19-5-3-2-4-6-19)24-21(17)16-7-9-18(23)10-8-16/h2-10,13,15,20H,11-12,14H2,1H3,(H,27,28)/t15-,20-/m1/s1. The van der Waals surface area contributed by atoms with Crippen molar-refractivity contribution < 1.29 is 9.90 Å². The Balaban J connectivity index is 1.68. The molecular formula is C22H22ClN3O2. The van der Waals surface area contributed by atoms with E-state index < -0.39 is 5.97 Å². The molecule has 6 heteroatoms. The van der Waals surface area contributed by atoms with Crippen molar-refractivity contribution in [2.45, 2.75) is 13.5 Å². The number of carbonyl (C=O) groups is 1. The molecule has 1 N–H and O–H groups in total. The molecule has 1 aromatic heterocycles. The van der Waals surface area contributed by atoms with Crippen molar-refractivity contribution in [3.8, 4) is 16.9 Å². The van der Waals surface area contributed by atoms with Crippen molar-refractivity contribution in [3.05, 3.63) is 71.4 Å². The zero-order chi connectivity index (χ0) is 19.7. The second-order valence-electron chi connectivity index (χ2n) is 7.41. The largest absolute Gasteiger partial charge is 0.481 e. The van der Waals surface area contributed by atoms with Crippen LogP contribution in [0.2, 0.25) is 5.02 Å². The molecule has 1 saturated heterocycles. The van der Waals surface area contributed by atoms with Crippen LogP contribution in [0.5, 0.6) is 0 Å². The van der Waals surface area contributed by atoms with E-state index in [-0.39, 0.29) is 11.8 Å². The van der Waals surface area contributed by atoms with Gasteiger partial charge in [-0.1, -0.05) is 48.9 Å². The van der Waals surface area contributed by atoms with Gasteiger partial charge >= 0.3 is 5.97 Å². The fourth-order valence-electron chi connectivity index (χ4n) is 3.85. The van der Waals surface area contributed by atoms with Crippen molar-refractivity contribution in [2.24, 2.45) is 11.8 Å². The van der Waals surface area contributed by atoms with Crippen molar-refractivity contribution in [2.75, 3.05) is 13.1 Å². The number of halogens is 1. The zero-order valence-corrected chi connectivity index (χ0v) is 16.4. The molecule has 5 nitrogen and oxygen atoms in total. The molecule has 144 valence electrons. The minimum atomic E-state index is -0.715. The number of para-hydroxylation sites is 1. The fourth-order valence-corrected chi connectivity index (χ4v) is 3.97. The molecule has 0 radical (unpaired) electrons. The van der Waals surface area contributed by atoms with Crippen molar-refractivity contribution in [3.63, 3.8) is 0 Å². The van der Waals surface area contributed by atoms with Gasteiger partial charge in [-0.25, -0.2) is 4.68 Å². The molecular weight excluding hydrogens is 374 g/mol. The summed E-state index contributed by atoms with van der Waals surface area (Å²) in [7, 11) is 0. The smallest absolute Gasteiger partial charge is 0.308 e. The van der Waals surface area contributed by atoms with Crippen molar-refractivity contribution >= 4 is 17.6 Å². The SMILES string of the molecule is C[C@@H]1CN(Cc2cn(-c3ccccc3)nc2-c2ccc(Cl)cc2)C[C@H]1C(=O)O. The van der Waals surface area contributed by atoms with E-state index in [0.29, 0.717) is 18.1 Å². The van der Waals surface area contributed by atoms with Gasteiger partial charge in [0.25, 0.3) is 0 Å². The molecule has 28 heavy (non-hydrogen) atoms. The third-order valence-corrected chi connectivity index (χ3v) is 5.58. The lowest BCUT2D eigenvalue weighted by Crippen LogP contribution is -2.23. The summed E-state index contributed by atoms with van der Waals surface area (Å²) in [5, 5.41) is 14.9. The molecule has 0 aliphatic carbocycles. The van der Waals surface area contributed by atoms with Crippen LogP contribution in [0.25, 0.3) is 16.9 Å². The molecule has 2 aromatic carbocycles. The maximum Gasteiger partial charge on any atom is 0.308 e. The first-order chi connectivity index (χ1) is 13.5. The van der Waals surface area contributed by atoms with Crippen LogP contribution in [-0.4, -0.2) is 38.8 Å². The normalized spacial score (nSPS) is 19.8. The molecule has 1 aliphatic heterocycles. The first-order valence-corrected chi connectivity index (χ1v) is 9.74. The number of rotatable bonds is 5. The lowest BCUT2D eigenvalue weighted by atomic mass is 9.99. The van der Waals surface area contributed by atoms with Crippen LogP contribution in [0.15, 0.2) is 60.8 Å². The highest BCUT2D eigenvalue weighted by Crippen LogP contribution is 2.29. The molecule has 0 unspecified atom stereocenters. The van der Waals surface area contributed by atoms with Gasteiger partial charge in [-0.05, 0) is 30.2 Å². The van der Waals surface area contributed by atoms with Crippen LogP contribution in [0.1, 0.15) is 12.5 Å². The van der Waals surface area contributed by atoms with Gasteiger partial charge in [-0.15, -0.1) is 0 Å². The molecule has 2 atom stereocenters. The van der Waals surface area contributed by atoms with E-state index in [2.05, 4.69) is 4.90 Å². The molecule has 3 aromatic rings. The average molecular weight is 396 g/mol. The number of nitrogens with zero attached hydrogens (tertiary/aromatic N) is 3. The van der Waals surface area contributed by atoms with Crippen molar-refractivity contribution in [1.82, 2.24) is 14.7 Å². The number of hydrogen-bond acceptors (Lipinski definition) is 3. The summed E-state index contributed by atoms with van der Waals surface area (Å²) < 4.78 is 1.88. The number of carboxylic acids is 1. The lowest BCUT2D eigenvalue weighted by Gasteiger charge is -2.15. The minimum Gasteiger partial charge on any atom is -0.481 e. The summed E-state index contributed by atoms with van der Waals surface area (Å²) in [6.07, 6.45) is 2.04. The van der Waals surface area contributed by atoms with E-state index in [1.807, 2.05) is 72.4 Å². The first-order valence-electron chi connectivity index (χ1n) is 9.36. The van der Waals surface area contributed by atoms with E-state index >= 15 is 0 Å². The fraction of sp³-hybridized carbons (Fsp3) is 0.273. The van der Waals surface area contributed by atoms with Gasteiger partial charge in [0.05, 0.1) is 17.3 Å². The summed E-state index contributed by atoms with van der Waals surface area (Å²) in [6, 6.07) is 17.6. The van der Waals surface area contributed by atoms with E-state index in [9.17, 15) is 9.90 Å². The Morgan fingerprint density at radius 3 is 2.50 bits per heavy atom. The molecule has 4 rings (SSSR count). The second kappa shape index (κ2) is 7.78. The van der Waals surface area contributed by atoms with Crippen LogP contribution >= 0.6 is 11.6 Å². The predicted molar refractivity (Wildman–Crippen MR) is 110 cm³/mol. The summed E-state index contributed by atoms with van der Waals surface area (Å²) in [5.41, 5.74) is 3.95. The number of benzene rings is 2. The topological polar surface area (TPSA) is 58.4 Å². The summed E-state index contributed by atoms with van der Waals surface area (Å²) in [6.45, 7) is 4.01. The summed E-state index contributed by atoms with van der Waals surface area (Å²) in [5.74, 6) is -0.892. The Morgan fingerprint density at radius 2 is 1.86 bits per heavy atom. The Labute approximate surface area is 169 Å². The highest BCUT2D eigenvalue weighted by molar-refractivity contribution is 6.30. The Bertz CT molecular complexity index is 969. The number of carboxylic acid groups (broad SMARTS) is 1. The third kappa shape index (κ3) is 3.81. The monoisotopic (exact) mass is 395 g/mol. The van der Waals surface area contributed by atoms with Crippen LogP contribution in [0.4, 0.5) is 0 Å². The second-order valence-corrected chi connectivity index (χ2v) is 7.84. The summed E-state index contributed by atoms with van der Waals surface area (Å²) >= 11 is 6.05. The molecule has 2 heterocycles. The van der Waals surface area contributed by atoms with E-state index in [1.54, 1.807) is 0 Å². The highest BCUT2D eigenvalue weighted by atomic mass is 35.5. The summed E-state index contributed by atoms with van der Waals surface area (Å²) in [4.78, 5) is 13.7. The van der Waals surface area contributed by atoms with E-state index in [1.165, 1.54) is 0 Å². The van der Waals surface area contributed by atoms with Gasteiger partial charge in [-0.3, -0.25) is 9.69 Å². The van der Waals surface area contributed by atoms with Gasteiger partial charge in [0.2, 0.25) is 0 Å². The maximum atomic E-state index is 11.5. The molecule has 1 fully saturated rings. The molecule has 0 spiro atoms. The van der Waals surface area contributed by atoms with Gasteiger partial charge in [0.15, 0.2) is 0 Å². The third-order valence-electron chi connectivity index (χ3n) is 5.33. The number of aliphatic carboxylic acids is 1. The zero-order valence-electron chi connectivity index (χ0n) is 15.6. The maximum absolute atomic E-state index is 11.5. The van der Waals surface area contributed by atoms with Crippen LogP contribution < -0.4 is 0 Å². The minimum absolute atomic E-state index is 0.139. The number of likely N-dealkylation sites (tertiary alicyclic amines) is 1. The quantitative estimate of drug-likeness (QED) is 0.698. The molecule has 0 amide bonds. The van der Waals surface area contributed by atoms with Gasteiger partial charge in [-0.2, -0.15) is 5.10 Å².